The minimum atomic E-state index is 0.303. The maximum Gasteiger partial charge on any atom is 0.0637 e. The molecule has 0 amide bonds. The van der Waals surface area contributed by atoms with Gasteiger partial charge in [0.2, 0.25) is 0 Å². The Morgan fingerprint density at radius 3 is 2.71 bits per heavy atom. The van der Waals surface area contributed by atoms with E-state index in [1.807, 2.05) is 11.8 Å². The largest absolute Gasteiger partial charge is 0.381 e. The molecule has 96 valence electrons. The highest BCUT2D eigenvalue weighted by Crippen LogP contribution is 2.20. The molecule has 0 saturated carbocycles. The summed E-state index contributed by atoms with van der Waals surface area (Å²) in [5.41, 5.74) is 1.34. The van der Waals surface area contributed by atoms with E-state index in [0.717, 1.165) is 12.3 Å². The number of hydrogen-bond donors (Lipinski definition) is 1. The topological polar surface area (TPSA) is 21.3 Å². The molecule has 0 aromatic heterocycles. The van der Waals surface area contributed by atoms with E-state index in [2.05, 4.69) is 50.4 Å². The molecule has 0 aliphatic carbocycles. The van der Waals surface area contributed by atoms with Crippen LogP contribution >= 0.6 is 11.8 Å². The SMILES string of the molecule is COC(C)CSc1cccc(CNC(C)C)c1. The first-order valence-corrected chi connectivity index (χ1v) is 7.08. The molecule has 1 rings (SSSR count). The van der Waals surface area contributed by atoms with E-state index in [1.165, 1.54) is 10.5 Å². The Labute approximate surface area is 109 Å². The summed E-state index contributed by atoms with van der Waals surface area (Å²) in [5.74, 6) is 0.998. The van der Waals surface area contributed by atoms with Crippen LogP contribution in [-0.4, -0.2) is 25.0 Å². The predicted octanol–water partition coefficient (Wildman–Crippen LogP) is 3.31. The normalized spacial score (nSPS) is 13.0. The van der Waals surface area contributed by atoms with Crippen LogP contribution in [0.4, 0.5) is 0 Å². The Kier molecular flexibility index (Phi) is 6.63. The van der Waals surface area contributed by atoms with E-state index in [1.54, 1.807) is 7.11 Å². The van der Waals surface area contributed by atoms with Crippen LogP contribution in [0.1, 0.15) is 26.3 Å². The van der Waals surface area contributed by atoms with Crippen molar-refractivity contribution in [3.63, 3.8) is 0 Å². The highest BCUT2D eigenvalue weighted by Gasteiger charge is 2.02. The molecule has 1 N–H and O–H groups in total. The fourth-order valence-corrected chi connectivity index (χ4v) is 2.32. The van der Waals surface area contributed by atoms with Crippen LogP contribution in [0, 0.1) is 0 Å². The van der Waals surface area contributed by atoms with Crippen molar-refractivity contribution in [1.29, 1.82) is 0 Å². The first kappa shape index (κ1) is 14.6. The van der Waals surface area contributed by atoms with Gasteiger partial charge in [0.15, 0.2) is 0 Å². The number of hydrogen-bond acceptors (Lipinski definition) is 3. The van der Waals surface area contributed by atoms with Crippen LogP contribution in [-0.2, 0) is 11.3 Å². The zero-order valence-electron chi connectivity index (χ0n) is 11.2. The lowest BCUT2D eigenvalue weighted by molar-refractivity contribution is 0.138. The lowest BCUT2D eigenvalue weighted by atomic mass is 10.2. The number of thioether (sulfide) groups is 1. The van der Waals surface area contributed by atoms with Gasteiger partial charge in [0.25, 0.3) is 0 Å². The molecule has 3 heteroatoms. The van der Waals surface area contributed by atoms with Crippen molar-refractivity contribution >= 4 is 11.8 Å². The summed E-state index contributed by atoms with van der Waals surface area (Å²) in [6.45, 7) is 7.36. The third-order valence-electron chi connectivity index (χ3n) is 2.50. The highest BCUT2D eigenvalue weighted by molar-refractivity contribution is 7.99. The van der Waals surface area contributed by atoms with Crippen LogP contribution in [0.5, 0.6) is 0 Å². The Balaban J connectivity index is 2.47. The summed E-state index contributed by atoms with van der Waals surface area (Å²) in [6.07, 6.45) is 0.303. The fraction of sp³-hybridized carbons (Fsp3) is 0.571. The van der Waals surface area contributed by atoms with Crippen molar-refractivity contribution in [3.05, 3.63) is 29.8 Å². The van der Waals surface area contributed by atoms with E-state index in [-0.39, 0.29) is 0 Å². The number of methoxy groups -OCH3 is 1. The minimum absolute atomic E-state index is 0.303. The Morgan fingerprint density at radius 1 is 1.29 bits per heavy atom. The lowest BCUT2D eigenvalue weighted by Crippen LogP contribution is -2.21. The molecule has 0 aliphatic heterocycles. The first-order chi connectivity index (χ1) is 8.11. The summed E-state index contributed by atoms with van der Waals surface area (Å²) in [5, 5.41) is 3.43. The molecule has 0 spiro atoms. The van der Waals surface area contributed by atoms with Gasteiger partial charge >= 0.3 is 0 Å². The number of benzene rings is 1. The summed E-state index contributed by atoms with van der Waals surface area (Å²) in [7, 11) is 1.76. The van der Waals surface area contributed by atoms with Crippen molar-refractivity contribution in [3.8, 4) is 0 Å². The Bertz CT molecular complexity index is 328. The average molecular weight is 253 g/mol. The Morgan fingerprint density at radius 2 is 2.06 bits per heavy atom. The fourth-order valence-electron chi connectivity index (χ4n) is 1.35. The minimum Gasteiger partial charge on any atom is -0.381 e. The average Bonchev–Trinajstić information content (AvgIpc) is 2.34. The molecule has 1 aromatic rings. The molecule has 1 atom stereocenters. The molecule has 0 aliphatic rings. The highest BCUT2D eigenvalue weighted by atomic mass is 32.2. The van der Waals surface area contributed by atoms with Crippen LogP contribution in [0.3, 0.4) is 0 Å². The summed E-state index contributed by atoms with van der Waals surface area (Å²) in [4.78, 5) is 1.32. The van der Waals surface area contributed by atoms with Crippen LogP contribution in [0.2, 0.25) is 0 Å². The standard InChI is InChI=1S/C14H23NOS/c1-11(2)15-9-13-6-5-7-14(8-13)17-10-12(3)16-4/h5-8,11-12,15H,9-10H2,1-4H3. The second-order valence-corrected chi connectivity index (χ2v) is 5.63. The molecule has 0 saturated heterocycles. The molecule has 1 unspecified atom stereocenters. The smallest absolute Gasteiger partial charge is 0.0637 e. The number of rotatable bonds is 7. The molecule has 0 bridgehead atoms. The second kappa shape index (κ2) is 7.75. The van der Waals surface area contributed by atoms with Crippen LogP contribution in [0.25, 0.3) is 0 Å². The van der Waals surface area contributed by atoms with Crippen molar-refractivity contribution < 1.29 is 4.74 Å². The monoisotopic (exact) mass is 253 g/mol. The van der Waals surface area contributed by atoms with E-state index in [0.29, 0.717) is 12.1 Å². The predicted molar refractivity (Wildman–Crippen MR) is 75.6 cm³/mol. The van der Waals surface area contributed by atoms with Gasteiger partial charge in [-0.1, -0.05) is 26.0 Å². The second-order valence-electron chi connectivity index (χ2n) is 4.54. The molecule has 0 heterocycles. The molecular formula is C14H23NOS. The summed E-state index contributed by atoms with van der Waals surface area (Å²) in [6, 6.07) is 9.23. The van der Waals surface area contributed by atoms with E-state index in [9.17, 15) is 0 Å². The van der Waals surface area contributed by atoms with Crippen molar-refractivity contribution in [1.82, 2.24) is 5.32 Å². The molecular weight excluding hydrogens is 230 g/mol. The quantitative estimate of drug-likeness (QED) is 0.753. The molecule has 2 nitrogen and oxygen atoms in total. The van der Waals surface area contributed by atoms with Crippen molar-refractivity contribution in [2.24, 2.45) is 0 Å². The van der Waals surface area contributed by atoms with Gasteiger partial charge in [-0.25, -0.2) is 0 Å². The van der Waals surface area contributed by atoms with Crippen molar-refractivity contribution in [2.75, 3.05) is 12.9 Å². The number of ether oxygens (including phenoxy) is 1. The van der Waals surface area contributed by atoms with Crippen LogP contribution in [0.15, 0.2) is 29.2 Å². The van der Waals surface area contributed by atoms with Gasteiger partial charge in [-0.05, 0) is 24.6 Å². The van der Waals surface area contributed by atoms with Crippen molar-refractivity contribution in [2.45, 2.75) is 44.4 Å². The summed E-state index contributed by atoms with van der Waals surface area (Å²) >= 11 is 1.85. The van der Waals surface area contributed by atoms with Gasteiger partial charge in [0.1, 0.15) is 0 Å². The van der Waals surface area contributed by atoms with E-state index in [4.69, 9.17) is 4.74 Å². The zero-order valence-corrected chi connectivity index (χ0v) is 12.0. The molecule has 0 fully saturated rings. The van der Waals surface area contributed by atoms with Gasteiger partial charge in [-0.15, -0.1) is 11.8 Å². The molecule has 17 heavy (non-hydrogen) atoms. The molecule has 1 aromatic carbocycles. The van der Waals surface area contributed by atoms with E-state index < -0.39 is 0 Å². The van der Waals surface area contributed by atoms with Gasteiger partial charge in [0, 0.05) is 30.3 Å². The Hall–Kier alpha value is -0.510. The van der Waals surface area contributed by atoms with Gasteiger partial charge in [-0.3, -0.25) is 0 Å². The third-order valence-corrected chi connectivity index (χ3v) is 3.72. The first-order valence-electron chi connectivity index (χ1n) is 6.09. The third kappa shape index (κ3) is 6.10. The maximum atomic E-state index is 5.25. The lowest BCUT2D eigenvalue weighted by Gasteiger charge is -2.11. The number of nitrogens with one attached hydrogen (secondary N) is 1. The zero-order chi connectivity index (χ0) is 12.7. The summed E-state index contributed by atoms with van der Waals surface area (Å²) < 4.78 is 5.25. The van der Waals surface area contributed by atoms with E-state index >= 15 is 0 Å². The maximum absolute atomic E-state index is 5.25. The van der Waals surface area contributed by atoms with Gasteiger partial charge in [-0.2, -0.15) is 0 Å². The van der Waals surface area contributed by atoms with Gasteiger partial charge < -0.3 is 10.1 Å². The van der Waals surface area contributed by atoms with Crippen LogP contribution < -0.4 is 5.32 Å². The van der Waals surface area contributed by atoms with Gasteiger partial charge in [0.05, 0.1) is 6.10 Å². The molecule has 0 radical (unpaired) electrons.